The lowest BCUT2D eigenvalue weighted by Crippen LogP contribution is -2.30. The fraction of sp³-hybridized carbons (Fsp3) is 0.351. The number of hydrogen-bond donors (Lipinski definition) is 0. The zero-order valence-electron chi connectivity index (χ0n) is 24.0. The van der Waals surface area contributed by atoms with E-state index in [1.165, 1.54) is 44.1 Å². The average molecular weight is 542 g/mol. The Balaban J connectivity index is 1.25. The zero-order valence-corrected chi connectivity index (χ0v) is 24.0. The molecular weight excluding hydrogens is 504 g/mol. The summed E-state index contributed by atoms with van der Waals surface area (Å²) < 4.78 is 14.5. The maximum Gasteiger partial charge on any atom is 0.216 e. The molecular formula is C37H37N2O2+. The predicted molar refractivity (Wildman–Crippen MR) is 163 cm³/mol. The molecule has 4 nitrogen and oxygen atoms in total. The van der Waals surface area contributed by atoms with Gasteiger partial charge in [0.2, 0.25) is 5.69 Å². The number of pyridine rings is 1. The van der Waals surface area contributed by atoms with Crippen LogP contribution in [0.1, 0.15) is 61.1 Å². The van der Waals surface area contributed by atoms with Gasteiger partial charge in [-0.1, -0.05) is 36.4 Å². The van der Waals surface area contributed by atoms with Crippen LogP contribution in [0.25, 0.3) is 44.3 Å². The van der Waals surface area contributed by atoms with E-state index in [9.17, 15) is 5.26 Å². The molecule has 1 aliphatic carbocycles. The van der Waals surface area contributed by atoms with Crippen molar-refractivity contribution in [1.29, 1.82) is 5.26 Å². The molecule has 0 N–H and O–H groups in total. The van der Waals surface area contributed by atoms with Gasteiger partial charge in [-0.2, -0.15) is 5.26 Å². The van der Waals surface area contributed by atoms with Gasteiger partial charge in [-0.3, -0.25) is 0 Å². The first kappa shape index (κ1) is 26.0. The highest BCUT2D eigenvalue weighted by atomic mass is 16.5. The third-order valence-electron chi connectivity index (χ3n) is 9.82. The van der Waals surface area contributed by atoms with Crippen molar-refractivity contribution in [1.82, 2.24) is 0 Å². The van der Waals surface area contributed by atoms with Gasteiger partial charge in [0.05, 0.1) is 17.2 Å². The van der Waals surface area contributed by atoms with Crippen LogP contribution in [-0.4, -0.2) is 13.2 Å². The topological polar surface area (TPSA) is 50.0 Å². The van der Waals surface area contributed by atoms with E-state index in [0.29, 0.717) is 11.5 Å². The van der Waals surface area contributed by atoms with Crippen LogP contribution in [0.5, 0.6) is 0 Å². The Hall–Kier alpha value is -3.94. The van der Waals surface area contributed by atoms with Crippen molar-refractivity contribution in [2.75, 3.05) is 13.2 Å². The fourth-order valence-corrected chi connectivity index (χ4v) is 7.52. The Morgan fingerprint density at radius 1 is 0.756 bits per heavy atom. The Morgan fingerprint density at radius 3 is 2.15 bits per heavy atom. The van der Waals surface area contributed by atoms with Crippen LogP contribution in [0.15, 0.2) is 77.3 Å². The smallest absolute Gasteiger partial charge is 0.216 e. The SMILES string of the molecule is Cc1ccc2c(oc3c(-c4ccc(C5CCC(C6CCOCC6)CC5)cc4)c(C#N)ccc32)c1-c1cccc[n+]1C. The number of fused-ring (bicyclic) bond motifs is 3. The van der Waals surface area contributed by atoms with E-state index in [1.807, 2.05) is 18.2 Å². The van der Waals surface area contributed by atoms with Crippen molar-refractivity contribution in [2.24, 2.45) is 18.9 Å². The molecule has 3 aromatic carbocycles. The summed E-state index contributed by atoms with van der Waals surface area (Å²) >= 11 is 0. The number of hydrogen-bond acceptors (Lipinski definition) is 3. The fourth-order valence-electron chi connectivity index (χ4n) is 7.52. The third-order valence-corrected chi connectivity index (χ3v) is 9.82. The molecule has 0 unspecified atom stereocenters. The van der Waals surface area contributed by atoms with Gasteiger partial charge in [0.25, 0.3) is 0 Å². The number of aromatic nitrogens is 1. The minimum atomic E-state index is 0.620. The van der Waals surface area contributed by atoms with Crippen LogP contribution in [-0.2, 0) is 11.8 Å². The van der Waals surface area contributed by atoms with E-state index in [-0.39, 0.29) is 0 Å². The highest BCUT2D eigenvalue weighted by molar-refractivity contribution is 6.14. The first-order chi connectivity index (χ1) is 20.1. The largest absolute Gasteiger partial charge is 0.454 e. The molecule has 2 aromatic heterocycles. The van der Waals surface area contributed by atoms with Crippen molar-refractivity contribution in [3.63, 3.8) is 0 Å². The molecule has 1 aliphatic heterocycles. The summed E-state index contributed by atoms with van der Waals surface area (Å²) in [5.74, 6) is 2.34. The molecule has 2 fully saturated rings. The van der Waals surface area contributed by atoms with Gasteiger partial charge in [-0.25, -0.2) is 4.57 Å². The molecule has 7 rings (SSSR count). The van der Waals surface area contributed by atoms with Crippen molar-refractivity contribution < 1.29 is 13.7 Å². The van der Waals surface area contributed by atoms with Crippen LogP contribution >= 0.6 is 0 Å². The van der Waals surface area contributed by atoms with E-state index in [1.54, 1.807) is 0 Å². The molecule has 1 saturated heterocycles. The quantitative estimate of drug-likeness (QED) is 0.214. The monoisotopic (exact) mass is 541 g/mol. The molecule has 0 atom stereocenters. The molecule has 206 valence electrons. The standard InChI is InChI=1S/C37H37N2O2/c1-24-6-16-31-32-17-15-30(23-38)35(37(32)41-36(31)34(24)33-5-3-4-20-39(33)2)29-13-11-26(12-14-29)25-7-9-27(10-8-25)28-18-21-40-22-19-28/h3-6,11-17,20,25,27-28H,7-10,18-19,21-22H2,1-2H3/q+1. The minimum Gasteiger partial charge on any atom is -0.454 e. The van der Waals surface area contributed by atoms with Crippen LogP contribution < -0.4 is 4.57 Å². The summed E-state index contributed by atoms with van der Waals surface area (Å²) in [5, 5.41) is 12.2. The van der Waals surface area contributed by atoms with Crippen molar-refractivity contribution >= 4 is 21.9 Å². The molecule has 0 spiro atoms. The molecule has 4 heteroatoms. The Kier molecular flexibility index (Phi) is 6.85. The molecule has 41 heavy (non-hydrogen) atoms. The lowest BCUT2D eigenvalue weighted by molar-refractivity contribution is -0.660. The van der Waals surface area contributed by atoms with Gasteiger partial charge in [-0.15, -0.1) is 0 Å². The molecule has 2 aliphatic rings. The number of rotatable bonds is 4. The third kappa shape index (κ3) is 4.63. The van der Waals surface area contributed by atoms with Gasteiger partial charge in [-0.05, 0) is 98.1 Å². The molecule has 0 amide bonds. The summed E-state index contributed by atoms with van der Waals surface area (Å²) in [6.45, 7) is 4.02. The van der Waals surface area contributed by atoms with Crippen LogP contribution in [0.3, 0.4) is 0 Å². The highest BCUT2D eigenvalue weighted by Gasteiger charge is 2.29. The number of nitrogens with zero attached hydrogens (tertiary/aromatic N) is 2. The molecule has 1 saturated carbocycles. The van der Waals surface area contributed by atoms with Crippen LogP contribution in [0.2, 0.25) is 0 Å². The summed E-state index contributed by atoms with van der Waals surface area (Å²) in [6.07, 6.45) is 9.73. The van der Waals surface area contributed by atoms with Crippen LogP contribution in [0, 0.1) is 30.1 Å². The van der Waals surface area contributed by atoms with Gasteiger partial charge in [0.1, 0.15) is 18.2 Å². The second-order valence-electron chi connectivity index (χ2n) is 12.1. The summed E-state index contributed by atoms with van der Waals surface area (Å²) in [7, 11) is 2.06. The number of furan rings is 1. The molecule has 3 heterocycles. The maximum absolute atomic E-state index is 10.1. The van der Waals surface area contributed by atoms with Gasteiger partial charge < -0.3 is 9.15 Å². The Labute approximate surface area is 242 Å². The number of nitriles is 1. The van der Waals surface area contributed by atoms with Crippen LogP contribution in [0.4, 0.5) is 0 Å². The molecule has 5 aromatic rings. The first-order valence-corrected chi connectivity index (χ1v) is 15.1. The number of ether oxygens (including phenoxy) is 1. The predicted octanol–water partition coefficient (Wildman–Crippen LogP) is 8.63. The summed E-state index contributed by atoms with van der Waals surface area (Å²) in [5.41, 5.74) is 9.01. The first-order valence-electron chi connectivity index (χ1n) is 15.1. The lowest BCUT2D eigenvalue weighted by atomic mass is 9.72. The van der Waals surface area contributed by atoms with Gasteiger partial charge in [0.15, 0.2) is 6.20 Å². The lowest BCUT2D eigenvalue weighted by Gasteiger charge is -2.36. The van der Waals surface area contributed by atoms with E-state index >= 15 is 0 Å². The summed E-state index contributed by atoms with van der Waals surface area (Å²) in [6, 6.07) is 26.0. The molecule has 0 bridgehead atoms. The van der Waals surface area contributed by atoms with E-state index in [0.717, 1.165) is 74.9 Å². The van der Waals surface area contributed by atoms with E-state index in [2.05, 4.69) is 79.3 Å². The van der Waals surface area contributed by atoms with Gasteiger partial charge in [0, 0.05) is 41.7 Å². The second-order valence-corrected chi connectivity index (χ2v) is 12.1. The maximum atomic E-state index is 10.1. The average Bonchev–Trinajstić information content (AvgIpc) is 3.40. The van der Waals surface area contributed by atoms with E-state index < -0.39 is 0 Å². The number of aryl methyl sites for hydroxylation is 2. The summed E-state index contributed by atoms with van der Waals surface area (Å²) in [4.78, 5) is 0. The van der Waals surface area contributed by atoms with Gasteiger partial charge >= 0.3 is 0 Å². The normalized spacial score (nSPS) is 19.9. The number of benzene rings is 3. The molecule has 0 radical (unpaired) electrons. The van der Waals surface area contributed by atoms with E-state index in [4.69, 9.17) is 9.15 Å². The van der Waals surface area contributed by atoms with Crippen molar-refractivity contribution in [2.45, 2.75) is 51.4 Å². The zero-order chi connectivity index (χ0) is 27.9. The minimum absolute atomic E-state index is 0.620. The highest BCUT2D eigenvalue weighted by Crippen LogP contribution is 2.44. The Morgan fingerprint density at radius 2 is 1.44 bits per heavy atom. The Bertz CT molecular complexity index is 1760. The van der Waals surface area contributed by atoms with Crippen molar-refractivity contribution in [3.05, 3.63) is 89.6 Å². The van der Waals surface area contributed by atoms with Crippen molar-refractivity contribution in [3.8, 4) is 28.5 Å². The second kappa shape index (κ2) is 10.8.